The minimum atomic E-state index is -0.820. The Kier molecular flexibility index (Phi) is 4.51. The van der Waals surface area contributed by atoms with Crippen molar-refractivity contribution in [2.75, 3.05) is 13.1 Å². The number of rotatable bonds is 2. The van der Waals surface area contributed by atoms with E-state index in [-0.39, 0.29) is 6.17 Å². The van der Waals surface area contributed by atoms with Crippen LogP contribution in [0.2, 0.25) is 0 Å². The molecule has 21 heavy (non-hydrogen) atoms. The Balaban J connectivity index is 1.79. The molecule has 0 bridgehead atoms. The van der Waals surface area contributed by atoms with E-state index in [2.05, 4.69) is 33.2 Å². The van der Waals surface area contributed by atoms with Crippen LogP contribution in [0.5, 0.6) is 0 Å². The van der Waals surface area contributed by atoms with Crippen molar-refractivity contribution in [1.82, 2.24) is 10.6 Å². The first kappa shape index (κ1) is 14.9. The average molecular weight is 400 g/mol. The highest BCUT2D eigenvalue weighted by molar-refractivity contribution is 14.1. The summed E-state index contributed by atoms with van der Waals surface area (Å²) in [7, 11) is 0. The molecule has 1 heterocycles. The van der Waals surface area contributed by atoms with Gasteiger partial charge in [-0.15, -0.1) is 0 Å². The van der Waals surface area contributed by atoms with Gasteiger partial charge in [0.1, 0.15) is 0 Å². The third kappa shape index (κ3) is 3.41. The van der Waals surface area contributed by atoms with Gasteiger partial charge in [0.05, 0.1) is 6.17 Å². The van der Waals surface area contributed by atoms with Gasteiger partial charge in [0.25, 0.3) is 0 Å². The molecule has 2 nitrogen and oxygen atoms in total. The van der Waals surface area contributed by atoms with Crippen molar-refractivity contribution in [1.29, 1.82) is 0 Å². The zero-order valence-electron chi connectivity index (χ0n) is 11.2. The van der Waals surface area contributed by atoms with Gasteiger partial charge in [-0.1, -0.05) is 52.9 Å². The third-order valence-corrected chi connectivity index (χ3v) is 4.46. The molecule has 2 N–H and O–H groups in total. The molecule has 0 aliphatic carbocycles. The molecule has 0 unspecified atom stereocenters. The van der Waals surface area contributed by atoms with Gasteiger partial charge < -0.3 is 0 Å². The van der Waals surface area contributed by atoms with Gasteiger partial charge in [0, 0.05) is 17.0 Å². The first-order chi connectivity index (χ1) is 10.1. The van der Waals surface area contributed by atoms with Gasteiger partial charge in [0.15, 0.2) is 11.6 Å². The Morgan fingerprint density at radius 2 is 1.48 bits per heavy atom. The smallest absolute Gasteiger partial charge is 0.159 e. The number of hydrogen-bond donors (Lipinski definition) is 2. The van der Waals surface area contributed by atoms with Crippen LogP contribution < -0.4 is 10.6 Å². The molecule has 0 radical (unpaired) electrons. The van der Waals surface area contributed by atoms with Crippen LogP contribution in [0.4, 0.5) is 8.78 Å². The fourth-order valence-corrected chi connectivity index (χ4v) is 2.92. The second-order valence-electron chi connectivity index (χ2n) is 5.10. The molecule has 2 aromatic rings. The van der Waals surface area contributed by atoms with Gasteiger partial charge in [-0.3, -0.25) is 10.6 Å². The van der Waals surface area contributed by atoms with Gasteiger partial charge in [-0.25, -0.2) is 8.78 Å². The van der Waals surface area contributed by atoms with Crippen LogP contribution in [0.25, 0.3) is 11.1 Å². The van der Waals surface area contributed by atoms with Crippen molar-refractivity contribution in [2.45, 2.75) is 10.1 Å². The molecule has 0 aromatic heterocycles. The predicted molar refractivity (Wildman–Crippen MR) is 88.3 cm³/mol. The highest BCUT2D eigenvalue weighted by Gasteiger charge is 2.18. The number of hydrogen-bond acceptors (Lipinski definition) is 2. The van der Waals surface area contributed by atoms with Crippen molar-refractivity contribution in [3.8, 4) is 11.1 Å². The first-order valence-corrected chi connectivity index (χ1v) is 8.04. The number of nitrogens with one attached hydrogen (secondary N) is 2. The Hall–Kier alpha value is -1.05. The Morgan fingerprint density at radius 3 is 2.10 bits per heavy atom. The molecule has 0 saturated carbocycles. The molecule has 0 atom stereocenters. The molecular formula is C16H15F2IN2. The third-order valence-electron chi connectivity index (χ3n) is 3.58. The fraction of sp³-hybridized carbons (Fsp3) is 0.250. The maximum absolute atomic E-state index is 13.3. The predicted octanol–water partition coefficient (Wildman–Crippen LogP) is 3.63. The Morgan fingerprint density at radius 1 is 0.857 bits per heavy atom. The number of halogens is 3. The summed E-state index contributed by atoms with van der Waals surface area (Å²) in [5.41, 5.74) is 2.70. The lowest BCUT2D eigenvalue weighted by Crippen LogP contribution is -2.47. The quantitative estimate of drug-likeness (QED) is 0.595. The van der Waals surface area contributed by atoms with E-state index in [4.69, 9.17) is 0 Å². The lowest BCUT2D eigenvalue weighted by molar-refractivity contribution is 0.393. The summed E-state index contributed by atoms with van der Waals surface area (Å²) in [6.07, 6.45) is 0.148. The van der Waals surface area contributed by atoms with Crippen molar-refractivity contribution in [3.63, 3.8) is 0 Å². The summed E-state index contributed by atoms with van der Waals surface area (Å²) in [6, 6.07) is 11.9. The first-order valence-electron chi connectivity index (χ1n) is 6.80. The molecular weight excluding hydrogens is 385 g/mol. The zero-order valence-corrected chi connectivity index (χ0v) is 13.4. The van der Waals surface area contributed by atoms with Crippen LogP contribution >= 0.6 is 22.6 Å². The molecule has 1 fully saturated rings. The highest BCUT2D eigenvalue weighted by atomic mass is 127. The summed E-state index contributed by atoms with van der Waals surface area (Å²) in [5.74, 6) is -1.64. The van der Waals surface area contributed by atoms with Crippen molar-refractivity contribution in [2.24, 2.45) is 0 Å². The monoisotopic (exact) mass is 400 g/mol. The molecule has 110 valence electrons. The van der Waals surface area contributed by atoms with E-state index < -0.39 is 11.6 Å². The molecule has 5 heteroatoms. The molecule has 0 amide bonds. The largest absolute Gasteiger partial charge is 0.297 e. The number of alkyl halides is 1. The zero-order chi connectivity index (χ0) is 14.8. The average Bonchev–Trinajstić information content (AvgIpc) is 2.51. The van der Waals surface area contributed by atoms with Gasteiger partial charge >= 0.3 is 0 Å². The van der Waals surface area contributed by atoms with Gasteiger partial charge in [-0.2, -0.15) is 0 Å². The Labute approximate surface area is 136 Å². The van der Waals surface area contributed by atoms with E-state index >= 15 is 0 Å². The molecule has 3 rings (SSSR count). The summed E-state index contributed by atoms with van der Waals surface area (Å²) in [5, 5.41) is 6.87. The molecule has 0 spiro atoms. The standard InChI is InChI=1S/C16H15F2IN2/c17-14-6-5-12(7-15(14)18)10-1-3-11(4-2-10)16-20-8-13(19)9-21-16/h1-7,13,16,20-21H,8-9H2. The van der Waals surface area contributed by atoms with Crippen molar-refractivity contribution in [3.05, 3.63) is 59.7 Å². The van der Waals surface area contributed by atoms with Crippen molar-refractivity contribution < 1.29 is 8.78 Å². The van der Waals surface area contributed by atoms with E-state index in [1.807, 2.05) is 24.3 Å². The SMILES string of the molecule is Fc1ccc(-c2ccc(C3NCC(I)CN3)cc2)cc1F. The van der Waals surface area contributed by atoms with E-state index in [1.165, 1.54) is 6.07 Å². The summed E-state index contributed by atoms with van der Waals surface area (Å²) < 4.78 is 26.8. The fourth-order valence-electron chi connectivity index (χ4n) is 2.42. The minimum Gasteiger partial charge on any atom is -0.297 e. The summed E-state index contributed by atoms with van der Waals surface area (Å²) in [6.45, 7) is 1.95. The minimum absolute atomic E-state index is 0.148. The highest BCUT2D eigenvalue weighted by Crippen LogP contribution is 2.24. The van der Waals surface area contributed by atoms with E-state index in [0.29, 0.717) is 9.49 Å². The molecule has 1 aliphatic rings. The van der Waals surface area contributed by atoms with Crippen molar-refractivity contribution >= 4 is 22.6 Å². The van der Waals surface area contributed by atoms with Crippen LogP contribution in [0.15, 0.2) is 42.5 Å². The van der Waals surface area contributed by atoms with Gasteiger partial charge in [0.2, 0.25) is 0 Å². The Bertz CT molecular complexity index is 623. The lowest BCUT2D eigenvalue weighted by Gasteiger charge is -2.28. The molecule has 1 saturated heterocycles. The van der Waals surface area contributed by atoms with Crippen LogP contribution in [0.3, 0.4) is 0 Å². The molecule has 1 aliphatic heterocycles. The van der Waals surface area contributed by atoms with Crippen LogP contribution in [0.1, 0.15) is 11.7 Å². The normalized spacial score (nSPS) is 22.2. The second kappa shape index (κ2) is 6.37. The maximum Gasteiger partial charge on any atom is 0.159 e. The second-order valence-corrected chi connectivity index (χ2v) is 6.86. The maximum atomic E-state index is 13.3. The number of benzene rings is 2. The lowest BCUT2D eigenvalue weighted by atomic mass is 10.0. The van der Waals surface area contributed by atoms with E-state index in [0.717, 1.165) is 30.3 Å². The molecule has 2 aromatic carbocycles. The summed E-state index contributed by atoms with van der Waals surface area (Å²) in [4.78, 5) is 0. The van der Waals surface area contributed by atoms with Crippen LogP contribution in [-0.2, 0) is 0 Å². The van der Waals surface area contributed by atoms with Crippen LogP contribution in [0, 0.1) is 11.6 Å². The van der Waals surface area contributed by atoms with Crippen LogP contribution in [-0.4, -0.2) is 17.0 Å². The van der Waals surface area contributed by atoms with Gasteiger partial charge in [-0.05, 0) is 28.8 Å². The topological polar surface area (TPSA) is 24.1 Å². The van der Waals surface area contributed by atoms with E-state index in [1.54, 1.807) is 6.07 Å². The van der Waals surface area contributed by atoms with E-state index in [9.17, 15) is 8.78 Å². The summed E-state index contributed by atoms with van der Waals surface area (Å²) >= 11 is 2.41.